The minimum absolute atomic E-state index is 0.715. The van der Waals surface area contributed by atoms with E-state index in [4.69, 9.17) is 0 Å². The predicted molar refractivity (Wildman–Crippen MR) is 70.2 cm³/mol. The van der Waals surface area contributed by atoms with Crippen LogP contribution in [0.25, 0.3) is 0 Å². The highest BCUT2D eigenvalue weighted by atomic mass is 15.4. The second-order valence-electron chi connectivity index (χ2n) is 5.05. The quantitative estimate of drug-likeness (QED) is 0.870. The molecule has 1 N–H and O–H groups in total. The number of hydrogen-bond acceptors (Lipinski definition) is 3. The molecular weight excluding hydrogens is 224 g/mol. The number of hydrogen-bond donors (Lipinski definition) is 1. The zero-order chi connectivity index (χ0) is 12.4. The van der Waals surface area contributed by atoms with Gasteiger partial charge in [-0.1, -0.05) is 35.0 Å². The summed E-state index contributed by atoms with van der Waals surface area (Å²) in [6, 6.07) is 9.21. The van der Waals surface area contributed by atoms with Crippen LogP contribution in [0.15, 0.2) is 30.5 Å². The molecule has 2 aromatic rings. The van der Waals surface area contributed by atoms with E-state index < -0.39 is 0 Å². The fourth-order valence-corrected chi connectivity index (χ4v) is 2.03. The molecule has 0 spiro atoms. The van der Waals surface area contributed by atoms with Crippen LogP contribution < -0.4 is 5.32 Å². The number of aryl methyl sites for hydroxylation is 1. The first kappa shape index (κ1) is 11.4. The van der Waals surface area contributed by atoms with Crippen molar-refractivity contribution in [1.82, 2.24) is 20.3 Å². The summed E-state index contributed by atoms with van der Waals surface area (Å²) in [5.41, 5.74) is 3.57. The fourth-order valence-electron chi connectivity index (χ4n) is 2.03. The zero-order valence-electron chi connectivity index (χ0n) is 10.6. The van der Waals surface area contributed by atoms with E-state index in [1.54, 1.807) is 0 Å². The average molecular weight is 242 g/mol. The van der Waals surface area contributed by atoms with Crippen molar-refractivity contribution in [3.63, 3.8) is 0 Å². The van der Waals surface area contributed by atoms with Crippen molar-refractivity contribution in [1.29, 1.82) is 0 Å². The van der Waals surface area contributed by atoms with Crippen LogP contribution in [0.1, 0.15) is 29.7 Å². The molecule has 1 aliphatic rings. The Hall–Kier alpha value is -1.68. The lowest BCUT2D eigenvalue weighted by Gasteiger charge is -2.01. The topological polar surface area (TPSA) is 42.7 Å². The van der Waals surface area contributed by atoms with Crippen LogP contribution in [-0.2, 0) is 13.1 Å². The van der Waals surface area contributed by atoms with Crippen LogP contribution in [-0.4, -0.2) is 21.0 Å². The van der Waals surface area contributed by atoms with E-state index in [0.29, 0.717) is 6.04 Å². The van der Waals surface area contributed by atoms with E-state index in [2.05, 4.69) is 46.8 Å². The van der Waals surface area contributed by atoms with Gasteiger partial charge in [-0.2, -0.15) is 0 Å². The van der Waals surface area contributed by atoms with Gasteiger partial charge in [0.15, 0.2) is 0 Å². The highest BCUT2D eigenvalue weighted by molar-refractivity contribution is 5.22. The molecule has 18 heavy (non-hydrogen) atoms. The monoisotopic (exact) mass is 242 g/mol. The molecule has 1 fully saturated rings. The second-order valence-corrected chi connectivity index (χ2v) is 5.05. The molecule has 4 nitrogen and oxygen atoms in total. The summed E-state index contributed by atoms with van der Waals surface area (Å²) in [5.74, 6) is 0. The van der Waals surface area contributed by atoms with Crippen molar-refractivity contribution < 1.29 is 0 Å². The third-order valence-electron chi connectivity index (χ3n) is 3.16. The summed E-state index contributed by atoms with van der Waals surface area (Å²) in [4.78, 5) is 0. The Bertz CT molecular complexity index is 528. The summed E-state index contributed by atoms with van der Waals surface area (Å²) in [6.07, 6.45) is 4.63. The van der Waals surface area contributed by atoms with Gasteiger partial charge in [0.25, 0.3) is 0 Å². The number of benzene rings is 1. The zero-order valence-corrected chi connectivity index (χ0v) is 10.6. The molecule has 4 heteroatoms. The van der Waals surface area contributed by atoms with E-state index in [0.717, 1.165) is 18.8 Å². The van der Waals surface area contributed by atoms with E-state index >= 15 is 0 Å². The maximum absolute atomic E-state index is 4.18. The molecule has 1 aliphatic carbocycles. The molecule has 3 rings (SSSR count). The van der Waals surface area contributed by atoms with E-state index in [9.17, 15) is 0 Å². The van der Waals surface area contributed by atoms with Gasteiger partial charge in [-0.3, -0.25) is 0 Å². The minimum Gasteiger partial charge on any atom is -0.308 e. The molecule has 0 aliphatic heterocycles. The number of aromatic nitrogens is 3. The summed E-state index contributed by atoms with van der Waals surface area (Å²) in [5, 5.41) is 11.8. The van der Waals surface area contributed by atoms with Crippen LogP contribution >= 0.6 is 0 Å². The molecule has 0 amide bonds. The molecule has 0 bridgehead atoms. The van der Waals surface area contributed by atoms with Gasteiger partial charge in [0.1, 0.15) is 0 Å². The van der Waals surface area contributed by atoms with Gasteiger partial charge >= 0.3 is 0 Å². The van der Waals surface area contributed by atoms with Crippen LogP contribution in [0.2, 0.25) is 0 Å². The number of nitrogens with one attached hydrogen (secondary N) is 1. The van der Waals surface area contributed by atoms with Crippen molar-refractivity contribution in [3.8, 4) is 0 Å². The summed E-state index contributed by atoms with van der Waals surface area (Å²) >= 11 is 0. The SMILES string of the molecule is Cc1cccc(Cn2cc(CNC3CC3)nn2)c1. The van der Waals surface area contributed by atoms with Gasteiger partial charge in [0.2, 0.25) is 0 Å². The molecule has 0 radical (unpaired) electrons. The molecule has 0 atom stereocenters. The Morgan fingerprint density at radius 1 is 1.39 bits per heavy atom. The fraction of sp³-hybridized carbons (Fsp3) is 0.429. The Morgan fingerprint density at radius 3 is 3.06 bits per heavy atom. The standard InChI is InChI=1S/C14H18N4/c1-11-3-2-4-12(7-11)9-18-10-14(16-17-18)8-15-13-5-6-13/h2-4,7,10,13,15H,5-6,8-9H2,1H3. The Kier molecular flexibility index (Phi) is 3.11. The molecule has 1 aromatic carbocycles. The van der Waals surface area contributed by atoms with Crippen molar-refractivity contribution >= 4 is 0 Å². The predicted octanol–water partition coefficient (Wildman–Crippen LogP) is 1.89. The number of rotatable bonds is 5. The average Bonchev–Trinajstić information content (AvgIpc) is 3.08. The van der Waals surface area contributed by atoms with E-state index in [1.165, 1.54) is 24.0 Å². The molecule has 1 saturated carbocycles. The lowest BCUT2D eigenvalue weighted by atomic mass is 10.1. The van der Waals surface area contributed by atoms with Crippen molar-refractivity contribution in [2.45, 2.75) is 38.9 Å². The maximum atomic E-state index is 4.18. The summed E-state index contributed by atoms with van der Waals surface area (Å²) in [6.45, 7) is 3.73. The lowest BCUT2D eigenvalue weighted by molar-refractivity contribution is 0.646. The Balaban J connectivity index is 1.61. The maximum Gasteiger partial charge on any atom is 0.0965 e. The van der Waals surface area contributed by atoms with Gasteiger partial charge in [-0.05, 0) is 25.3 Å². The smallest absolute Gasteiger partial charge is 0.0965 e. The van der Waals surface area contributed by atoms with Gasteiger partial charge in [-0.15, -0.1) is 5.10 Å². The molecule has 1 heterocycles. The minimum atomic E-state index is 0.715. The third-order valence-corrected chi connectivity index (χ3v) is 3.16. The summed E-state index contributed by atoms with van der Waals surface area (Å²) < 4.78 is 1.90. The Morgan fingerprint density at radius 2 is 2.28 bits per heavy atom. The third kappa shape index (κ3) is 2.96. The van der Waals surface area contributed by atoms with Crippen LogP contribution in [0.5, 0.6) is 0 Å². The Labute approximate surface area is 107 Å². The first-order valence-electron chi connectivity index (χ1n) is 6.47. The molecule has 0 saturated heterocycles. The highest BCUT2D eigenvalue weighted by Gasteiger charge is 2.20. The molecule has 94 valence electrons. The van der Waals surface area contributed by atoms with Crippen molar-refractivity contribution in [2.24, 2.45) is 0 Å². The van der Waals surface area contributed by atoms with Gasteiger partial charge < -0.3 is 5.32 Å². The van der Waals surface area contributed by atoms with E-state index in [-0.39, 0.29) is 0 Å². The lowest BCUT2D eigenvalue weighted by Crippen LogP contribution is -2.15. The van der Waals surface area contributed by atoms with Crippen molar-refractivity contribution in [2.75, 3.05) is 0 Å². The second kappa shape index (κ2) is 4.90. The highest BCUT2D eigenvalue weighted by Crippen LogP contribution is 2.18. The molecule has 1 aromatic heterocycles. The summed E-state index contributed by atoms with van der Waals surface area (Å²) in [7, 11) is 0. The van der Waals surface area contributed by atoms with Gasteiger partial charge in [0, 0.05) is 12.6 Å². The first-order chi connectivity index (χ1) is 8.79. The number of nitrogens with zero attached hydrogens (tertiary/aromatic N) is 3. The van der Waals surface area contributed by atoms with Gasteiger partial charge in [-0.25, -0.2) is 4.68 Å². The largest absolute Gasteiger partial charge is 0.308 e. The van der Waals surface area contributed by atoms with E-state index in [1.807, 2.05) is 10.9 Å². The van der Waals surface area contributed by atoms with Crippen LogP contribution in [0.4, 0.5) is 0 Å². The normalized spacial score (nSPS) is 14.9. The molecular formula is C14H18N4. The van der Waals surface area contributed by atoms with Crippen molar-refractivity contribution in [3.05, 3.63) is 47.3 Å². The van der Waals surface area contributed by atoms with Crippen LogP contribution in [0.3, 0.4) is 0 Å². The van der Waals surface area contributed by atoms with Gasteiger partial charge in [0.05, 0.1) is 18.4 Å². The van der Waals surface area contributed by atoms with Crippen LogP contribution in [0, 0.1) is 6.92 Å². The first-order valence-corrected chi connectivity index (χ1v) is 6.47. The molecule has 0 unspecified atom stereocenters.